The van der Waals surface area contributed by atoms with Crippen molar-refractivity contribution >= 4 is 5.91 Å². The fourth-order valence-corrected chi connectivity index (χ4v) is 2.50. The maximum Gasteiger partial charge on any atom is 0.234 e. The summed E-state index contributed by atoms with van der Waals surface area (Å²) in [5.74, 6) is 0.263. The minimum absolute atomic E-state index is 0.0433. The quantitative estimate of drug-likeness (QED) is 0.842. The number of nitrogens with one attached hydrogen (secondary N) is 2. The number of rotatable bonds is 6. The lowest BCUT2D eigenvalue weighted by molar-refractivity contribution is -0.120. The Bertz CT molecular complexity index is 444. The highest BCUT2D eigenvalue weighted by Crippen LogP contribution is 2.18. The topological polar surface area (TPSA) is 50.4 Å². The molecule has 0 saturated carbocycles. The summed E-state index contributed by atoms with van der Waals surface area (Å²) in [7, 11) is 0. The summed E-state index contributed by atoms with van der Waals surface area (Å²) in [5.41, 5.74) is 0.891. The largest absolute Gasteiger partial charge is 0.381 e. The Morgan fingerprint density at radius 1 is 1.33 bits per heavy atom. The molecule has 0 unspecified atom stereocenters. The van der Waals surface area contributed by atoms with Crippen molar-refractivity contribution in [1.82, 2.24) is 10.6 Å². The third kappa shape index (κ3) is 5.44. The highest BCUT2D eigenvalue weighted by Gasteiger charge is 2.20. The minimum atomic E-state index is -0.267. The second-order valence-corrected chi connectivity index (χ2v) is 5.52. The predicted octanol–water partition coefficient (Wildman–Crippen LogP) is 1.85. The number of carbonyl (C=O) groups excluding carboxylic acids is 1. The van der Waals surface area contributed by atoms with Crippen LogP contribution < -0.4 is 10.6 Å². The molecule has 0 radical (unpaired) electrons. The first-order chi connectivity index (χ1) is 10.1. The van der Waals surface area contributed by atoms with Crippen molar-refractivity contribution in [2.75, 3.05) is 19.8 Å². The first kappa shape index (κ1) is 15.9. The minimum Gasteiger partial charge on any atom is -0.381 e. The zero-order chi connectivity index (χ0) is 15.1. The molecule has 1 saturated heterocycles. The van der Waals surface area contributed by atoms with Crippen molar-refractivity contribution in [2.45, 2.75) is 32.4 Å². The van der Waals surface area contributed by atoms with Crippen molar-refractivity contribution in [3.8, 4) is 0 Å². The van der Waals surface area contributed by atoms with E-state index in [9.17, 15) is 9.18 Å². The normalized spacial score (nSPS) is 17.4. The summed E-state index contributed by atoms with van der Waals surface area (Å²) in [6.07, 6.45) is 2.09. The molecule has 0 spiro atoms. The van der Waals surface area contributed by atoms with E-state index in [-0.39, 0.29) is 11.7 Å². The van der Waals surface area contributed by atoms with Gasteiger partial charge in [0.25, 0.3) is 0 Å². The summed E-state index contributed by atoms with van der Waals surface area (Å²) < 4.78 is 18.1. The summed E-state index contributed by atoms with van der Waals surface area (Å²) in [6, 6.07) is 6.45. The Morgan fingerprint density at radius 3 is 2.67 bits per heavy atom. The van der Waals surface area contributed by atoms with Crippen LogP contribution in [-0.2, 0) is 16.1 Å². The Balaban J connectivity index is 1.66. The summed E-state index contributed by atoms with van der Waals surface area (Å²) in [4.78, 5) is 11.8. The summed E-state index contributed by atoms with van der Waals surface area (Å²) in [5, 5.41) is 6.10. The summed E-state index contributed by atoms with van der Waals surface area (Å²) >= 11 is 0. The number of amides is 1. The van der Waals surface area contributed by atoms with Crippen LogP contribution in [0.4, 0.5) is 4.39 Å². The van der Waals surface area contributed by atoms with Crippen LogP contribution in [0.5, 0.6) is 0 Å². The molecule has 1 aromatic carbocycles. The van der Waals surface area contributed by atoms with E-state index in [1.807, 2.05) is 0 Å². The molecule has 5 heteroatoms. The highest BCUT2D eigenvalue weighted by molar-refractivity contribution is 5.78. The van der Waals surface area contributed by atoms with E-state index in [0.717, 1.165) is 31.6 Å². The van der Waals surface area contributed by atoms with E-state index in [0.29, 0.717) is 25.0 Å². The van der Waals surface area contributed by atoms with Crippen LogP contribution in [0.3, 0.4) is 0 Å². The van der Waals surface area contributed by atoms with Crippen molar-refractivity contribution in [3.05, 3.63) is 35.6 Å². The Kier molecular flexibility index (Phi) is 6.14. The molecule has 1 aliphatic rings. The van der Waals surface area contributed by atoms with E-state index in [1.54, 1.807) is 12.1 Å². The highest BCUT2D eigenvalue weighted by atomic mass is 19.1. The smallest absolute Gasteiger partial charge is 0.234 e. The molecule has 0 aliphatic carbocycles. The zero-order valence-electron chi connectivity index (χ0n) is 12.4. The molecule has 21 heavy (non-hydrogen) atoms. The van der Waals surface area contributed by atoms with Crippen LogP contribution in [0.2, 0.25) is 0 Å². The van der Waals surface area contributed by atoms with Gasteiger partial charge in [0, 0.05) is 25.8 Å². The van der Waals surface area contributed by atoms with E-state index in [2.05, 4.69) is 17.6 Å². The fourth-order valence-electron chi connectivity index (χ4n) is 2.50. The number of benzene rings is 1. The van der Waals surface area contributed by atoms with E-state index in [1.165, 1.54) is 12.1 Å². The molecular formula is C16H23FN2O2. The van der Waals surface area contributed by atoms with Gasteiger partial charge in [-0.15, -0.1) is 0 Å². The van der Waals surface area contributed by atoms with Crippen LogP contribution in [0.25, 0.3) is 0 Å². The lowest BCUT2D eigenvalue weighted by Gasteiger charge is -2.28. The van der Waals surface area contributed by atoms with Gasteiger partial charge >= 0.3 is 0 Å². The third-order valence-electron chi connectivity index (χ3n) is 3.96. The molecule has 4 nitrogen and oxygen atoms in total. The molecule has 2 rings (SSSR count). The average Bonchev–Trinajstić information content (AvgIpc) is 2.53. The van der Waals surface area contributed by atoms with Crippen LogP contribution >= 0.6 is 0 Å². The number of carbonyl (C=O) groups is 1. The van der Waals surface area contributed by atoms with E-state index >= 15 is 0 Å². The van der Waals surface area contributed by atoms with Gasteiger partial charge in [0.1, 0.15) is 5.82 Å². The van der Waals surface area contributed by atoms with Crippen molar-refractivity contribution in [1.29, 1.82) is 0 Å². The van der Waals surface area contributed by atoms with Gasteiger partial charge in [-0.2, -0.15) is 0 Å². The maximum absolute atomic E-state index is 12.8. The maximum atomic E-state index is 12.8. The van der Waals surface area contributed by atoms with Gasteiger partial charge in [-0.05, 0) is 43.4 Å². The molecule has 0 aromatic heterocycles. The number of ether oxygens (including phenoxy) is 1. The Morgan fingerprint density at radius 2 is 2.00 bits per heavy atom. The van der Waals surface area contributed by atoms with Gasteiger partial charge in [0.2, 0.25) is 5.91 Å². The molecule has 1 fully saturated rings. The van der Waals surface area contributed by atoms with Crippen molar-refractivity contribution in [2.24, 2.45) is 5.92 Å². The second-order valence-electron chi connectivity index (χ2n) is 5.52. The first-order valence-electron chi connectivity index (χ1n) is 7.47. The van der Waals surface area contributed by atoms with Crippen LogP contribution in [0.15, 0.2) is 24.3 Å². The van der Waals surface area contributed by atoms with Crippen molar-refractivity contribution in [3.63, 3.8) is 0 Å². The Hall–Kier alpha value is -1.46. The van der Waals surface area contributed by atoms with E-state index < -0.39 is 0 Å². The lowest BCUT2D eigenvalue weighted by Crippen LogP contribution is -2.42. The third-order valence-corrected chi connectivity index (χ3v) is 3.96. The number of halogens is 1. The molecule has 1 aromatic rings. The number of hydrogen-bond acceptors (Lipinski definition) is 3. The Labute approximate surface area is 125 Å². The fraction of sp³-hybridized carbons (Fsp3) is 0.562. The van der Waals surface area contributed by atoms with Crippen LogP contribution in [0, 0.1) is 11.7 Å². The van der Waals surface area contributed by atoms with Gasteiger partial charge < -0.3 is 15.4 Å². The second kappa shape index (κ2) is 8.10. The molecule has 2 N–H and O–H groups in total. The standard InChI is InChI=1S/C16H23FN2O2/c1-12(14-6-8-21-9-7-14)18-11-16(20)19-10-13-2-4-15(17)5-3-13/h2-5,12,14,18H,6-11H2,1H3,(H,19,20)/t12-/m0/s1. The van der Waals surface area contributed by atoms with Crippen LogP contribution in [-0.4, -0.2) is 31.7 Å². The molecule has 0 bridgehead atoms. The monoisotopic (exact) mass is 294 g/mol. The molecule has 116 valence electrons. The SMILES string of the molecule is C[C@H](NCC(=O)NCc1ccc(F)cc1)C1CCOCC1. The lowest BCUT2D eigenvalue weighted by atomic mass is 9.93. The van der Waals surface area contributed by atoms with E-state index in [4.69, 9.17) is 4.74 Å². The molecule has 1 aliphatic heterocycles. The van der Waals surface area contributed by atoms with Gasteiger partial charge in [0.15, 0.2) is 0 Å². The van der Waals surface area contributed by atoms with Gasteiger partial charge in [-0.25, -0.2) is 4.39 Å². The number of hydrogen-bond donors (Lipinski definition) is 2. The van der Waals surface area contributed by atoms with Crippen molar-refractivity contribution < 1.29 is 13.9 Å². The summed E-state index contributed by atoms with van der Waals surface area (Å²) in [6.45, 7) is 4.47. The molecule has 1 atom stereocenters. The zero-order valence-corrected chi connectivity index (χ0v) is 12.4. The predicted molar refractivity (Wildman–Crippen MR) is 79.3 cm³/mol. The van der Waals surface area contributed by atoms with Gasteiger partial charge in [-0.3, -0.25) is 4.79 Å². The van der Waals surface area contributed by atoms with Gasteiger partial charge in [-0.1, -0.05) is 12.1 Å². The van der Waals surface area contributed by atoms with Crippen LogP contribution in [0.1, 0.15) is 25.3 Å². The van der Waals surface area contributed by atoms with Gasteiger partial charge in [0.05, 0.1) is 6.54 Å². The first-order valence-corrected chi connectivity index (χ1v) is 7.47. The molecule has 1 heterocycles. The molecule has 1 amide bonds. The molecular weight excluding hydrogens is 271 g/mol. The average molecular weight is 294 g/mol.